The first-order valence-electron chi connectivity index (χ1n) is 5.66. The molecule has 0 aliphatic carbocycles. The first kappa shape index (κ1) is 15.7. The van der Waals surface area contributed by atoms with E-state index in [2.05, 4.69) is 9.44 Å². The molecule has 0 heterocycles. The Hall–Kier alpha value is -1.35. The van der Waals surface area contributed by atoms with Crippen LogP contribution in [0.2, 0.25) is 0 Å². The molecule has 19 heavy (non-hydrogen) atoms. The van der Waals surface area contributed by atoms with Crippen LogP contribution >= 0.6 is 0 Å². The molecule has 0 saturated heterocycles. The average Bonchev–Trinajstić information content (AvgIpc) is 2.38. The third kappa shape index (κ3) is 4.67. The van der Waals surface area contributed by atoms with Gasteiger partial charge < -0.3 is 15.2 Å². The number of nitrogens with one attached hydrogen (secondary N) is 2. The largest absolute Gasteiger partial charge is 0.495 e. The fourth-order valence-electron chi connectivity index (χ4n) is 1.48. The number of methoxy groups -OCH3 is 2. The summed E-state index contributed by atoms with van der Waals surface area (Å²) < 4.78 is 38.3. The van der Waals surface area contributed by atoms with Crippen molar-refractivity contribution in [2.75, 3.05) is 32.1 Å². The topological polar surface area (TPSA) is 103 Å². The summed E-state index contributed by atoms with van der Waals surface area (Å²) in [5.74, 6) is 0.417. The van der Waals surface area contributed by atoms with Crippen LogP contribution in [0.4, 0.5) is 5.69 Å². The van der Waals surface area contributed by atoms with E-state index >= 15 is 0 Å². The van der Waals surface area contributed by atoms with Gasteiger partial charge in [-0.05, 0) is 11.6 Å². The Labute approximate surface area is 113 Å². The first-order chi connectivity index (χ1) is 9.04. The minimum atomic E-state index is -3.69. The van der Waals surface area contributed by atoms with Gasteiger partial charge in [0.15, 0.2) is 0 Å². The molecule has 108 valence electrons. The SMILES string of the molecule is COCCNS(=O)(=O)Nc1c(CN)cccc1OC. The smallest absolute Gasteiger partial charge is 0.299 e. The molecule has 1 aromatic rings. The van der Waals surface area contributed by atoms with Crippen LogP contribution in [0.25, 0.3) is 0 Å². The fraction of sp³-hybridized carbons (Fsp3) is 0.455. The van der Waals surface area contributed by atoms with E-state index in [-0.39, 0.29) is 19.7 Å². The molecular formula is C11H19N3O4S. The summed E-state index contributed by atoms with van der Waals surface area (Å²) in [6.45, 7) is 0.669. The van der Waals surface area contributed by atoms with Crippen molar-refractivity contribution in [1.29, 1.82) is 0 Å². The molecule has 0 amide bonds. The molecule has 0 aliphatic rings. The molecule has 1 rings (SSSR count). The second-order valence-electron chi connectivity index (χ2n) is 3.69. The van der Waals surface area contributed by atoms with Gasteiger partial charge in [0.1, 0.15) is 5.75 Å². The molecule has 0 spiro atoms. The number of para-hydroxylation sites is 1. The molecule has 4 N–H and O–H groups in total. The van der Waals surface area contributed by atoms with Crippen LogP contribution in [-0.4, -0.2) is 35.8 Å². The zero-order valence-corrected chi connectivity index (χ0v) is 11.8. The first-order valence-corrected chi connectivity index (χ1v) is 7.14. The maximum atomic E-state index is 11.8. The normalized spacial score (nSPS) is 11.3. The average molecular weight is 289 g/mol. The quantitative estimate of drug-likeness (QED) is 0.587. The molecule has 8 heteroatoms. The lowest BCUT2D eigenvalue weighted by Crippen LogP contribution is -2.33. The third-order valence-corrected chi connectivity index (χ3v) is 3.44. The molecule has 0 aromatic heterocycles. The molecule has 0 unspecified atom stereocenters. The van der Waals surface area contributed by atoms with Crippen LogP contribution in [0.15, 0.2) is 18.2 Å². The van der Waals surface area contributed by atoms with E-state index in [9.17, 15) is 8.42 Å². The number of ether oxygens (including phenoxy) is 2. The summed E-state index contributed by atoms with van der Waals surface area (Å²) in [7, 11) is -0.729. The van der Waals surface area contributed by atoms with Gasteiger partial charge in [-0.3, -0.25) is 4.72 Å². The fourth-order valence-corrected chi connectivity index (χ4v) is 2.41. The van der Waals surface area contributed by atoms with E-state index in [1.807, 2.05) is 0 Å². The van der Waals surface area contributed by atoms with Gasteiger partial charge in [-0.15, -0.1) is 0 Å². The summed E-state index contributed by atoms with van der Waals surface area (Å²) in [5.41, 5.74) is 6.58. The second kappa shape index (κ2) is 7.29. The zero-order valence-electron chi connectivity index (χ0n) is 11.0. The van der Waals surface area contributed by atoms with Gasteiger partial charge in [-0.2, -0.15) is 13.1 Å². The summed E-state index contributed by atoms with van der Waals surface area (Å²) in [5, 5.41) is 0. The molecular weight excluding hydrogens is 270 g/mol. The van der Waals surface area contributed by atoms with E-state index in [0.29, 0.717) is 17.0 Å². The molecule has 0 aliphatic heterocycles. The monoisotopic (exact) mass is 289 g/mol. The standard InChI is InChI=1S/C11H19N3O4S/c1-17-7-6-13-19(15,16)14-11-9(8-12)4-3-5-10(11)18-2/h3-5,13-14H,6-8,12H2,1-2H3. The molecule has 0 atom stereocenters. The van der Waals surface area contributed by atoms with Gasteiger partial charge in [0, 0.05) is 20.2 Å². The highest BCUT2D eigenvalue weighted by molar-refractivity contribution is 7.90. The van der Waals surface area contributed by atoms with E-state index < -0.39 is 10.2 Å². The number of anilines is 1. The van der Waals surface area contributed by atoms with Gasteiger partial charge >= 0.3 is 0 Å². The van der Waals surface area contributed by atoms with E-state index in [1.54, 1.807) is 18.2 Å². The second-order valence-corrected chi connectivity index (χ2v) is 5.19. The molecule has 1 aromatic carbocycles. The Balaban J connectivity index is 2.91. The van der Waals surface area contributed by atoms with Crippen LogP contribution in [0.3, 0.4) is 0 Å². The Kier molecular flexibility index (Phi) is 6.03. The van der Waals surface area contributed by atoms with Gasteiger partial charge in [0.05, 0.1) is 19.4 Å². The minimum absolute atomic E-state index is 0.180. The van der Waals surface area contributed by atoms with Crippen LogP contribution in [0.1, 0.15) is 5.56 Å². The summed E-state index contributed by atoms with van der Waals surface area (Å²) in [4.78, 5) is 0. The maximum absolute atomic E-state index is 11.8. The highest BCUT2D eigenvalue weighted by Gasteiger charge is 2.15. The van der Waals surface area contributed by atoms with Crippen molar-refractivity contribution in [3.05, 3.63) is 23.8 Å². The minimum Gasteiger partial charge on any atom is -0.495 e. The number of nitrogens with two attached hydrogens (primary N) is 1. The Morgan fingerprint density at radius 1 is 1.32 bits per heavy atom. The van der Waals surface area contributed by atoms with Crippen LogP contribution in [0, 0.1) is 0 Å². The van der Waals surface area contributed by atoms with Crippen molar-refractivity contribution in [2.24, 2.45) is 5.73 Å². The summed E-state index contributed by atoms with van der Waals surface area (Å²) in [6, 6.07) is 5.14. The Morgan fingerprint density at radius 2 is 2.05 bits per heavy atom. The third-order valence-electron chi connectivity index (χ3n) is 2.39. The Morgan fingerprint density at radius 3 is 2.63 bits per heavy atom. The lowest BCUT2D eigenvalue weighted by atomic mass is 10.1. The predicted octanol–water partition coefficient (Wildman–Crippen LogP) is 0.0466. The number of hydrogen-bond donors (Lipinski definition) is 3. The van der Waals surface area contributed by atoms with Crippen LogP contribution in [-0.2, 0) is 21.5 Å². The molecule has 0 saturated carbocycles. The van der Waals surface area contributed by atoms with Crippen molar-refractivity contribution >= 4 is 15.9 Å². The van der Waals surface area contributed by atoms with E-state index in [1.165, 1.54) is 14.2 Å². The van der Waals surface area contributed by atoms with E-state index in [4.69, 9.17) is 15.2 Å². The summed E-state index contributed by atoms with van der Waals surface area (Å²) >= 11 is 0. The molecule has 7 nitrogen and oxygen atoms in total. The van der Waals surface area contributed by atoms with Crippen LogP contribution in [0.5, 0.6) is 5.75 Å². The zero-order chi connectivity index (χ0) is 14.3. The van der Waals surface area contributed by atoms with Crippen molar-refractivity contribution < 1.29 is 17.9 Å². The predicted molar refractivity (Wildman–Crippen MR) is 73.3 cm³/mol. The number of hydrogen-bond acceptors (Lipinski definition) is 5. The Bertz CT molecular complexity index is 482. The van der Waals surface area contributed by atoms with Gasteiger partial charge in [-0.25, -0.2) is 0 Å². The van der Waals surface area contributed by atoms with Crippen molar-refractivity contribution in [2.45, 2.75) is 6.54 Å². The number of benzene rings is 1. The highest BCUT2D eigenvalue weighted by Crippen LogP contribution is 2.28. The van der Waals surface area contributed by atoms with Crippen LogP contribution < -0.4 is 19.9 Å². The van der Waals surface area contributed by atoms with Crippen molar-refractivity contribution in [1.82, 2.24) is 4.72 Å². The van der Waals surface area contributed by atoms with Gasteiger partial charge in [-0.1, -0.05) is 12.1 Å². The van der Waals surface area contributed by atoms with Gasteiger partial charge in [0.25, 0.3) is 10.2 Å². The highest BCUT2D eigenvalue weighted by atomic mass is 32.2. The number of rotatable bonds is 8. The maximum Gasteiger partial charge on any atom is 0.299 e. The van der Waals surface area contributed by atoms with Crippen molar-refractivity contribution in [3.63, 3.8) is 0 Å². The molecule has 0 fully saturated rings. The van der Waals surface area contributed by atoms with Gasteiger partial charge in [0.2, 0.25) is 0 Å². The lowest BCUT2D eigenvalue weighted by Gasteiger charge is -2.15. The van der Waals surface area contributed by atoms with E-state index in [0.717, 1.165) is 0 Å². The lowest BCUT2D eigenvalue weighted by molar-refractivity contribution is 0.204. The van der Waals surface area contributed by atoms with Crippen molar-refractivity contribution in [3.8, 4) is 5.75 Å². The molecule has 0 radical (unpaired) electrons. The summed E-state index contributed by atoms with van der Waals surface area (Å²) in [6.07, 6.45) is 0. The molecule has 0 bridgehead atoms.